The van der Waals surface area contributed by atoms with Crippen molar-refractivity contribution in [2.24, 2.45) is 0 Å². The highest BCUT2D eigenvalue weighted by atomic mass is 16.5. The molecule has 0 aromatic heterocycles. The molecule has 1 N–H and O–H groups in total. The summed E-state index contributed by atoms with van der Waals surface area (Å²) in [4.78, 5) is 12.4. The van der Waals surface area contributed by atoms with Crippen molar-refractivity contribution in [3.05, 3.63) is 65.2 Å². The first-order chi connectivity index (χ1) is 10.1. The second kappa shape index (κ2) is 7.04. The van der Waals surface area contributed by atoms with Gasteiger partial charge in [0.05, 0.1) is 6.61 Å². The van der Waals surface area contributed by atoms with Crippen LogP contribution in [0.5, 0.6) is 0 Å². The highest BCUT2D eigenvalue weighted by Crippen LogP contribution is 2.24. The number of hydrogen-bond donors (Lipinski definition) is 1. The number of amides is 1. The van der Waals surface area contributed by atoms with Crippen molar-refractivity contribution in [1.82, 2.24) is 0 Å². The molecule has 0 spiro atoms. The maximum absolute atomic E-state index is 12.4. The van der Waals surface area contributed by atoms with Crippen molar-refractivity contribution in [2.45, 2.75) is 26.4 Å². The largest absolute Gasteiger partial charge is 0.380 e. The number of methoxy groups -OCH3 is 1. The Hall–Kier alpha value is -2.13. The lowest BCUT2D eigenvalue weighted by Gasteiger charge is -2.14. The first kappa shape index (κ1) is 15.3. The van der Waals surface area contributed by atoms with Crippen LogP contribution in [-0.4, -0.2) is 13.0 Å². The van der Waals surface area contributed by atoms with Crippen LogP contribution in [0.15, 0.2) is 48.5 Å². The van der Waals surface area contributed by atoms with Gasteiger partial charge in [-0.25, -0.2) is 0 Å². The Morgan fingerprint density at radius 2 is 1.90 bits per heavy atom. The highest BCUT2D eigenvalue weighted by Gasteiger charge is 2.11. The lowest BCUT2D eigenvalue weighted by molar-refractivity contribution is 0.102. The van der Waals surface area contributed by atoms with Crippen molar-refractivity contribution in [1.29, 1.82) is 0 Å². The second-order valence-electron chi connectivity index (χ2n) is 5.33. The molecule has 3 heteroatoms. The van der Waals surface area contributed by atoms with Crippen LogP contribution in [0.25, 0.3) is 0 Å². The zero-order valence-corrected chi connectivity index (χ0v) is 12.7. The molecule has 0 bridgehead atoms. The minimum absolute atomic E-state index is 0.0962. The first-order valence-corrected chi connectivity index (χ1v) is 7.10. The smallest absolute Gasteiger partial charge is 0.255 e. The topological polar surface area (TPSA) is 38.3 Å². The van der Waals surface area contributed by atoms with Gasteiger partial charge in [-0.3, -0.25) is 4.79 Å². The average molecular weight is 283 g/mol. The fraction of sp³-hybridized carbons (Fsp3) is 0.278. The van der Waals surface area contributed by atoms with Gasteiger partial charge >= 0.3 is 0 Å². The number of carbonyl (C=O) groups is 1. The Labute approximate surface area is 126 Å². The fourth-order valence-corrected chi connectivity index (χ4v) is 2.28. The molecule has 0 heterocycles. The molecule has 2 aromatic carbocycles. The van der Waals surface area contributed by atoms with Crippen LogP contribution in [0.2, 0.25) is 0 Å². The van der Waals surface area contributed by atoms with E-state index in [1.165, 1.54) is 0 Å². The van der Waals surface area contributed by atoms with Gasteiger partial charge in [0, 0.05) is 18.4 Å². The fourth-order valence-electron chi connectivity index (χ4n) is 2.28. The molecule has 0 atom stereocenters. The number of nitrogens with one attached hydrogen (secondary N) is 1. The summed E-state index contributed by atoms with van der Waals surface area (Å²) in [5.41, 5.74) is 3.64. The maximum atomic E-state index is 12.4. The van der Waals surface area contributed by atoms with Gasteiger partial charge in [-0.15, -0.1) is 0 Å². The lowest BCUT2D eigenvalue weighted by atomic mass is 10.0. The number of anilines is 1. The molecule has 0 radical (unpaired) electrons. The Balaban J connectivity index is 2.20. The van der Waals surface area contributed by atoms with Crippen LogP contribution in [0.3, 0.4) is 0 Å². The third-order valence-corrected chi connectivity index (χ3v) is 3.33. The Kier molecular flexibility index (Phi) is 5.12. The number of carbonyl (C=O) groups excluding carboxylic acids is 1. The zero-order valence-electron chi connectivity index (χ0n) is 12.7. The van der Waals surface area contributed by atoms with Crippen LogP contribution >= 0.6 is 0 Å². The third kappa shape index (κ3) is 3.92. The SMILES string of the molecule is COCc1cccc(C(=O)Nc2ccccc2C(C)C)c1. The monoisotopic (exact) mass is 283 g/mol. The van der Waals surface area contributed by atoms with Crippen molar-refractivity contribution in [3.63, 3.8) is 0 Å². The van der Waals surface area contributed by atoms with E-state index in [-0.39, 0.29) is 5.91 Å². The van der Waals surface area contributed by atoms with Gasteiger partial charge in [-0.1, -0.05) is 44.2 Å². The molecule has 3 nitrogen and oxygen atoms in total. The molecular formula is C18H21NO2. The summed E-state index contributed by atoms with van der Waals surface area (Å²) in [5, 5.41) is 3.00. The van der Waals surface area contributed by atoms with Crippen LogP contribution in [0.4, 0.5) is 5.69 Å². The summed E-state index contributed by atoms with van der Waals surface area (Å²) in [7, 11) is 1.64. The van der Waals surface area contributed by atoms with E-state index in [0.29, 0.717) is 18.1 Å². The van der Waals surface area contributed by atoms with Gasteiger partial charge in [-0.05, 0) is 35.2 Å². The van der Waals surface area contributed by atoms with Gasteiger partial charge in [0.1, 0.15) is 0 Å². The molecule has 0 unspecified atom stereocenters. The van der Waals surface area contributed by atoms with Gasteiger partial charge in [-0.2, -0.15) is 0 Å². The predicted octanol–water partition coefficient (Wildman–Crippen LogP) is 4.21. The number of hydrogen-bond acceptors (Lipinski definition) is 2. The van der Waals surface area contributed by atoms with E-state index in [0.717, 1.165) is 16.8 Å². The molecule has 0 aliphatic rings. The first-order valence-electron chi connectivity index (χ1n) is 7.10. The van der Waals surface area contributed by atoms with Gasteiger partial charge in [0.25, 0.3) is 5.91 Å². The van der Waals surface area contributed by atoms with E-state index >= 15 is 0 Å². The summed E-state index contributed by atoms with van der Waals surface area (Å²) >= 11 is 0. The lowest BCUT2D eigenvalue weighted by Crippen LogP contribution is -2.14. The molecule has 1 amide bonds. The van der Waals surface area contributed by atoms with Crippen LogP contribution in [0, 0.1) is 0 Å². The van der Waals surface area contributed by atoms with Crippen molar-refractivity contribution in [2.75, 3.05) is 12.4 Å². The molecule has 0 saturated carbocycles. The molecule has 0 saturated heterocycles. The number of rotatable bonds is 5. The zero-order chi connectivity index (χ0) is 15.2. The number of benzene rings is 2. The molecular weight excluding hydrogens is 262 g/mol. The van der Waals surface area contributed by atoms with E-state index in [9.17, 15) is 4.79 Å². The van der Waals surface area contributed by atoms with Crippen molar-refractivity contribution >= 4 is 11.6 Å². The van der Waals surface area contributed by atoms with Gasteiger partial charge < -0.3 is 10.1 Å². The molecule has 0 aliphatic carbocycles. The van der Waals surface area contributed by atoms with Gasteiger partial charge in [0.15, 0.2) is 0 Å². The Morgan fingerprint density at radius 1 is 1.14 bits per heavy atom. The van der Waals surface area contributed by atoms with Gasteiger partial charge in [0.2, 0.25) is 0 Å². The van der Waals surface area contributed by atoms with Crippen LogP contribution < -0.4 is 5.32 Å². The normalized spacial score (nSPS) is 10.7. The average Bonchev–Trinajstić information content (AvgIpc) is 2.48. The molecule has 0 aliphatic heterocycles. The van der Waals surface area contributed by atoms with E-state index in [1.807, 2.05) is 48.5 Å². The highest BCUT2D eigenvalue weighted by molar-refractivity contribution is 6.04. The summed E-state index contributed by atoms with van der Waals surface area (Å²) in [6, 6.07) is 15.4. The summed E-state index contributed by atoms with van der Waals surface area (Å²) in [6.07, 6.45) is 0. The van der Waals surface area contributed by atoms with E-state index in [1.54, 1.807) is 7.11 Å². The third-order valence-electron chi connectivity index (χ3n) is 3.33. The van der Waals surface area contributed by atoms with E-state index in [4.69, 9.17) is 4.74 Å². The van der Waals surface area contributed by atoms with Crippen LogP contribution in [-0.2, 0) is 11.3 Å². The predicted molar refractivity (Wildman–Crippen MR) is 85.6 cm³/mol. The molecule has 21 heavy (non-hydrogen) atoms. The minimum Gasteiger partial charge on any atom is -0.380 e. The number of ether oxygens (including phenoxy) is 1. The number of para-hydroxylation sites is 1. The quantitative estimate of drug-likeness (QED) is 0.892. The molecule has 110 valence electrons. The summed E-state index contributed by atoms with van der Waals surface area (Å²) in [5.74, 6) is 0.266. The van der Waals surface area contributed by atoms with E-state index < -0.39 is 0 Å². The molecule has 2 aromatic rings. The Morgan fingerprint density at radius 3 is 2.62 bits per heavy atom. The molecule has 0 fully saturated rings. The van der Waals surface area contributed by atoms with E-state index in [2.05, 4.69) is 19.2 Å². The van der Waals surface area contributed by atoms with Crippen molar-refractivity contribution < 1.29 is 9.53 Å². The summed E-state index contributed by atoms with van der Waals surface area (Å²) in [6.45, 7) is 4.73. The molecule has 2 rings (SSSR count). The van der Waals surface area contributed by atoms with Crippen LogP contribution in [0.1, 0.15) is 41.3 Å². The minimum atomic E-state index is -0.0962. The maximum Gasteiger partial charge on any atom is 0.255 e. The summed E-state index contributed by atoms with van der Waals surface area (Å²) < 4.78 is 5.10. The van der Waals surface area contributed by atoms with Crippen molar-refractivity contribution in [3.8, 4) is 0 Å². The Bertz CT molecular complexity index is 620. The standard InChI is InChI=1S/C18H21NO2/c1-13(2)16-9-4-5-10-17(16)19-18(20)15-8-6-7-14(11-15)12-21-3/h4-11,13H,12H2,1-3H3,(H,19,20). The second-order valence-corrected chi connectivity index (χ2v) is 5.33.